The third kappa shape index (κ3) is 5.07. The molecule has 1 rings (SSSR count). The van der Waals surface area contributed by atoms with Crippen LogP contribution >= 0.6 is 0 Å². The molecule has 0 aromatic carbocycles. The second kappa shape index (κ2) is 7.72. The molecule has 1 saturated heterocycles. The van der Waals surface area contributed by atoms with E-state index in [2.05, 4.69) is 10.6 Å². The van der Waals surface area contributed by atoms with Crippen molar-refractivity contribution in [2.45, 2.75) is 38.6 Å². The van der Waals surface area contributed by atoms with Crippen molar-refractivity contribution in [3.05, 3.63) is 0 Å². The van der Waals surface area contributed by atoms with Crippen molar-refractivity contribution >= 4 is 17.9 Å². The number of piperidine rings is 1. The van der Waals surface area contributed by atoms with Crippen LogP contribution in [0.2, 0.25) is 0 Å². The van der Waals surface area contributed by atoms with E-state index < -0.39 is 11.9 Å². The molecule has 0 aromatic rings. The number of nitrogens with zero attached hydrogens (tertiary/aromatic N) is 1. The summed E-state index contributed by atoms with van der Waals surface area (Å²) >= 11 is 0. The van der Waals surface area contributed by atoms with Gasteiger partial charge in [-0.3, -0.25) is 9.59 Å². The van der Waals surface area contributed by atoms with Gasteiger partial charge in [-0.1, -0.05) is 13.3 Å². The number of likely N-dealkylation sites (N-methyl/N-ethyl adjacent to an activating group) is 1. The van der Waals surface area contributed by atoms with Crippen LogP contribution in [-0.2, 0) is 9.59 Å². The lowest BCUT2D eigenvalue weighted by Crippen LogP contribution is -2.51. The highest BCUT2D eigenvalue weighted by Gasteiger charge is 2.24. The molecule has 1 aliphatic heterocycles. The minimum atomic E-state index is -0.893. The van der Waals surface area contributed by atoms with Gasteiger partial charge < -0.3 is 20.6 Å². The number of hydrogen-bond donors (Lipinski definition) is 3. The number of amides is 3. The Balaban J connectivity index is 2.32. The summed E-state index contributed by atoms with van der Waals surface area (Å²) in [5, 5.41) is 14.3. The standard InChI is InChI=1S/C13H23N3O4/c1-3-4-9(12(18)19)7-14-13(20)15-10-5-6-11(17)16(2)8-10/h9-10H,3-8H2,1-2H3,(H,18,19)(H2,14,15,20). The van der Waals surface area contributed by atoms with Gasteiger partial charge in [0.05, 0.1) is 5.92 Å². The summed E-state index contributed by atoms with van der Waals surface area (Å²) in [6, 6.07) is -0.452. The van der Waals surface area contributed by atoms with Gasteiger partial charge in [-0.05, 0) is 12.8 Å². The molecule has 114 valence electrons. The van der Waals surface area contributed by atoms with E-state index in [0.717, 1.165) is 6.42 Å². The molecule has 1 fully saturated rings. The van der Waals surface area contributed by atoms with Crippen LogP contribution in [0.5, 0.6) is 0 Å². The van der Waals surface area contributed by atoms with Crippen LogP contribution in [0.4, 0.5) is 4.79 Å². The van der Waals surface area contributed by atoms with Crippen molar-refractivity contribution in [2.24, 2.45) is 5.92 Å². The lowest BCUT2D eigenvalue weighted by molar-refractivity contribution is -0.141. The molecule has 0 aliphatic carbocycles. The average Bonchev–Trinajstić information content (AvgIpc) is 2.38. The fourth-order valence-electron chi connectivity index (χ4n) is 2.24. The van der Waals surface area contributed by atoms with E-state index in [1.807, 2.05) is 6.92 Å². The second-order valence-electron chi connectivity index (χ2n) is 5.19. The fourth-order valence-corrected chi connectivity index (χ4v) is 2.24. The highest BCUT2D eigenvalue weighted by atomic mass is 16.4. The largest absolute Gasteiger partial charge is 0.481 e. The molecule has 7 heteroatoms. The topological polar surface area (TPSA) is 98.7 Å². The van der Waals surface area contributed by atoms with Gasteiger partial charge in [0.15, 0.2) is 0 Å². The number of urea groups is 1. The Hall–Kier alpha value is -1.79. The number of likely N-dealkylation sites (tertiary alicyclic amines) is 1. The van der Waals surface area contributed by atoms with Crippen molar-refractivity contribution in [1.82, 2.24) is 15.5 Å². The molecule has 2 atom stereocenters. The number of carbonyl (C=O) groups excluding carboxylic acids is 2. The summed E-state index contributed by atoms with van der Waals surface area (Å²) in [5.74, 6) is -1.37. The van der Waals surface area contributed by atoms with E-state index in [0.29, 0.717) is 25.8 Å². The molecule has 0 bridgehead atoms. The Morgan fingerprint density at radius 1 is 1.50 bits per heavy atom. The number of carboxylic acids is 1. The normalized spacial score (nSPS) is 20.4. The number of carboxylic acid groups (broad SMARTS) is 1. The van der Waals surface area contributed by atoms with Crippen LogP contribution in [0.25, 0.3) is 0 Å². The summed E-state index contributed by atoms with van der Waals surface area (Å²) in [6.07, 6.45) is 2.34. The summed E-state index contributed by atoms with van der Waals surface area (Å²) in [6.45, 7) is 2.52. The summed E-state index contributed by atoms with van der Waals surface area (Å²) in [4.78, 5) is 35.6. The Kier molecular flexibility index (Phi) is 6.27. The van der Waals surface area contributed by atoms with E-state index in [1.54, 1.807) is 11.9 Å². The van der Waals surface area contributed by atoms with Crippen molar-refractivity contribution in [1.29, 1.82) is 0 Å². The molecule has 7 nitrogen and oxygen atoms in total. The molecule has 1 aliphatic rings. The maximum Gasteiger partial charge on any atom is 0.315 e. The van der Waals surface area contributed by atoms with Crippen LogP contribution in [0.1, 0.15) is 32.6 Å². The number of rotatable bonds is 6. The zero-order chi connectivity index (χ0) is 15.1. The Morgan fingerprint density at radius 3 is 2.75 bits per heavy atom. The third-order valence-electron chi connectivity index (χ3n) is 3.46. The predicted molar refractivity (Wildman–Crippen MR) is 73.2 cm³/mol. The van der Waals surface area contributed by atoms with Gasteiger partial charge in [0.2, 0.25) is 5.91 Å². The zero-order valence-electron chi connectivity index (χ0n) is 12.0. The maximum atomic E-state index is 11.7. The van der Waals surface area contributed by atoms with Gasteiger partial charge in [-0.15, -0.1) is 0 Å². The van der Waals surface area contributed by atoms with Gasteiger partial charge in [0, 0.05) is 32.6 Å². The SMILES string of the molecule is CCCC(CNC(=O)NC1CCC(=O)N(C)C1)C(=O)O. The smallest absolute Gasteiger partial charge is 0.315 e. The molecular formula is C13H23N3O4. The van der Waals surface area contributed by atoms with Crippen LogP contribution in [0.15, 0.2) is 0 Å². The molecule has 0 aromatic heterocycles. The average molecular weight is 285 g/mol. The van der Waals surface area contributed by atoms with Crippen LogP contribution in [0.3, 0.4) is 0 Å². The number of hydrogen-bond acceptors (Lipinski definition) is 3. The number of carbonyl (C=O) groups is 3. The highest BCUT2D eigenvalue weighted by molar-refractivity contribution is 5.78. The van der Waals surface area contributed by atoms with Gasteiger partial charge in [-0.2, -0.15) is 0 Å². The monoisotopic (exact) mass is 285 g/mol. The Bertz CT molecular complexity index is 373. The molecule has 0 spiro atoms. The van der Waals surface area contributed by atoms with E-state index in [4.69, 9.17) is 5.11 Å². The minimum Gasteiger partial charge on any atom is -0.481 e. The van der Waals surface area contributed by atoms with Gasteiger partial charge in [0.25, 0.3) is 0 Å². The van der Waals surface area contributed by atoms with Gasteiger partial charge >= 0.3 is 12.0 Å². The van der Waals surface area contributed by atoms with E-state index in [1.165, 1.54) is 0 Å². The Labute approximate surface area is 118 Å². The third-order valence-corrected chi connectivity index (χ3v) is 3.46. The first-order chi connectivity index (χ1) is 9.43. The lowest BCUT2D eigenvalue weighted by Gasteiger charge is -2.30. The quantitative estimate of drug-likeness (QED) is 0.658. The van der Waals surface area contributed by atoms with Crippen LogP contribution in [0, 0.1) is 5.92 Å². The number of aliphatic carboxylic acids is 1. The maximum absolute atomic E-state index is 11.7. The fraction of sp³-hybridized carbons (Fsp3) is 0.769. The van der Waals surface area contributed by atoms with Crippen molar-refractivity contribution in [3.8, 4) is 0 Å². The molecule has 3 amide bonds. The second-order valence-corrected chi connectivity index (χ2v) is 5.19. The van der Waals surface area contributed by atoms with E-state index in [9.17, 15) is 14.4 Å². The molecule has 1 heterocycles. The van der Waals surface area contributed by atoms with Crippen molar-refractivity contribution in [3.63, 3.8) is 0 Å². The highest BCUT2D eigenvalue weighted by Crippen LogP contribution is 2.09. The summed E-state index contributed by atoms with van der Waals surface area (Å²) in [7, 11) is 1.70. The minimum absolute atomic E-state index is 0.0767. The predicted octanol–water partition coefficient (Wildman–Crippen LogP) is 0.407. The first-order valence-electron chi connectivity index (χ1n) is 6.95. The first-order valence-corrected chi connectivity index (χ1v) is 6.95. The molecule has 0 radical (unpaired) electrons. The molecule has 2 unspecified atom stereocenters. The van der Waals surface area contributed by atoms with E-state index in [-0.39, 0.29) is 24.5 Å². The van der Waals surface area contributed by atoms with Gasteiger partial charge in [0.1, 0.15) is 0 Å². The lowest BCUT2D eigenvalue weighted by atomic mass is 10.0. The first kappa shape index (κ1) is 16.3. The van der Waals surface area contributed by atoms with Crippen molar-refractivity contribution < 1.29 is 19.5 Å². The van der Waals surface area contributed by atoms with Gasteiger partial charge in [-0.25, -0.2) is 4.79 Å². The van der Waals surface area contributed by atoms with Crippen LogP contribution in [-0.4, -0.2) is 54.1 Å². The van der Waals surface area contributed by atoms with Crippen molar-refractivity contribution in [2.75, 3.05) is 20.1 Å². The molecule has 3 N–H and O–H groups in total. The summed E-state index contributed by atoms with van der Waals surface area (Å²) < 4.78 is 0. The van der Waals surface area contributed by atoms with Crippen LogP contribution < -0.4 is 10.6 Å². The number of nitrogens with one attached hydrogen (secondary N) is 2. The van der Waals surface area contributed by atoms with E-state index >= 15 is 0 Å². The zero-order valence-corrected chi connectivity index (χ0v) is 12.0. The summed E-state index contributed by atoms with van der Waals surface area (Å²) in [5.41, 5.74) is 0. The molecule has 0 saturated carbocycles. The molecular weight excluding hydrogens is 262 g/mol. The molecule has 20 heavy (non-hydrogen) atoms. The Morgan fingerprint density at radius 2 is 2.20 bits per heavy atom.